The summed E-state index contributed by atoms with van der Waals surface area (Å²) in [6.45, 7) is 3.74. The molecule has 160 valence electrons. The first kappa shape index (κ1) is 22.2. The van der Waals surface area contributed by atoms with Gasteiger partial charge in [0.25, 0.3) is 0 Å². The Balaban J connectivity index is 1.52. The predicted octanol–water partition coefficient (Wildman–Crippen LogP) is 3.58. The highest BCUT2D eigenvalue weighted by Crippen LogP contribution is 2.22. The van der Waals surface area contributed by atoms with Gasteiger partial charge in [-0.2, -0.15) is 9.41 Å². The van der Waals surface area contributed by atoms with Gasteiger partial charge in [0.1, 0.15) is 5.75 Å². The number of thiocarbonyl (C=S) groups is 1. The lowest BCUT2D eigenvalue weighted by molar-refractivity contribution is 0.340. The normalized spacial score (nSPS) is 15.1. The maximum Gasteiger partial charge on any atom is 0.243 e. The minimum absolute atomic E-state index is 0.294. The van der Waals surface area contributed by atoms with Crippen LogP contribution in [0.5, 0.6) is 5.75 Å². The van der Waals surface area contributed by atoms with Gasteiger partial charge in [-0.1, -0.05) is 6.42 Å². The van der Waals surface area contributed by atoms with E-state index in [4.69, 9.17) is 17.0 Å². The summed E-state index contributed by atoms with van der Waals surface area (Å²) >= 11 is 5.23. The maximum absolute atomic E-state index is 12.7. The summed E-state index contributed by atoms with van der Waals surface area (Å²) in [6.07, 6.45) is 4.56. The van der Waals surface area contributed by atoms with E-state index in [1.165, 1.54) is 0 Å². The quantitative estimate of drug-likeness (QED) is 0.384. The molecule has 1 aliphatic rings. The maximum atomic E-state index is 12.7. The molecule has 0 bridgehead atoms. The zero-order chi connectivity index (χ0) is 21.4. The van der Waals surface area contributed by atoms with Crippen molar-refractivity contribution in [1.82, 2.24) is 9.73 Å². The van der Waals surface area contributed by atoms with E-state index in [9.17, 15) is 8.42 Å². The second kappa shape index (κ2) is 10.5. The number of benzene rings is 2. The molecule has 1 fully saturated rings. The molecule has 30 heavy (non-hydrogen) atoms. The average molecular weight is 447 g/mol. The van der Waals surface area contributed by atoms with Crippen molar-refractivity contribution in [2.75, 3.05) is 25.0 Å². The van der Waals surface area contributed by atoms with Crippen LogP contribution < -0.4 is 15.5 Å². The Kier molecular flexibility index (Phi) is 7.78. The molecule has 0 unspecified atom stereocenters. The van der Waals surface area contributed by atoms with Crippen LogP contribution in [-0.2, 0) is 10.0 Å². The summed E-state index contributed by atoms with van der Waals surface area (Å²) in [7, 11) is -3.43. The fraction of sp³-hybridized carbons (Fsp3) is 0.333. The molecular weight excluding hydrogens is 420 g/mol. The minimum atomic E-state index is -3.43. The number of sulfonamides is 1. The number of anilines is 1. The molecule has 1 saturated heterocycles. The van der Waals surface area contributed by atoms with Gasteiger partial charge in [0, 0.05) is 18.8 Å². The molecule has 0 spiro atoms. The number of nitrogens with zero attached hydrogens (tertiary/aromatic N) is 2. The summed E-state index contributed by atoms with van der Waals surface area (Å²) in [6, 6.07) is 14.1. The number of ether oxygens (including phenoxy) is 1. The third-order valence-electron chi connectivity index (χ3n) is 4.64. The minimum Gasteiger partial charge on any atom is -0.494 e. The van der Waals surface area contributed by atoms with Gasteiger partial charge < -0.3 is 10.1 Å². The second-order valence-corrected chi connectivity index (χ2v) is 9.16. The highest BCUT2D eigenvalue weighted by atomic mass is 32.2. The van der Waals surface area contributed by atoms with Crippen LogP contribution in [0.15, 0.2) is 58.5 Å². The molecule has 0 aromatic heterocycles. The van der Waals surface area contributed by atoms with E-state index in [-0.39, 0.29) is 0 Å². The molecule has 0 amide bonds. The van der Waals surface area contributed by atoms with Crippen LogP contribution in [0.4, 0.5) is 5.69 Å². The number of rotatable bonds is 7. The predicted molar refractivity (Wildman–Crippen MR) is 124 cm³/mol. The first-order valence-corrected chi connectivity index (χ1v) is 11.8. The van der Waals surface area contributed by atoms with Crippen molar-refractivity contribution < 1.29 is 13.2 Å². The molecule has 1 heterocycles. The van der Waals surface area contributed by atoms with Gasteiger partial charge in [0.2, 0.25) is 10.0 Å². The Morgan fingerprint density at radius 2 is 1.77 bits per heavy atom. The summed E-state index contributed by atoms with van der Waals surface area (Å²) in [5.74, 6) is 0.811. The summed E-state index contributed by atoms with van der Waals surface area (Å²) < 4.78 is 32.3. The molecule has 2 aromatic carbocycles. The van der Waals surface area contributed by atoms with Crippen molar-refractivity contribution in [2.45, 2.75) is 31.1 Å². The van der Waals surface area contributed by atoms with Crippen molar-refractivity contribution >= 4 is 39.3 Å². The first-order chi connectivity index (χ1) is 14.5. The Labute approximate surface area is 183 Å². The van der Waals surface area contributed by atoms with Gasteiger partial charge in [-0.05, 0) is 86.1 Å². The summed E-state index contributed by atoms with van der Waals surface area (Å²) in [5.41, 5.74) is 4.33. The molecule has 2 N–H and O–H groups in total. The standard InChI is InChI=1S/C21H26N4O3S2/c1-2-28-19-10-6-17(7-11-19)16-22-24-21(29)23-18-8-12-20(13-9-18)30(26,27)25-14-4-3-5-15-25/h6-13,16H,2-5,14-15H2,1H3,(H2,23,24,29)/b22-16-. The van der Waals surface area contributed by atoms with Crippen LogP contribution >= 0.6 is 12.2 Å². The van der Waals surface area contributed by atoms with E-state index in [2.05, 4.69) is 15.8 Å². The van der Waals surface area contributed by atoms with E-state index in [1.54, 1.807) is 34.8 Å². The fourth-order valence-electron chi connectivity index (χ4n) is 3.11. The van der Waals surface area contributed by atoms with E-state index in [1.807, 2.05) is 31.2 Å². The zero-order valence-electron chi connectivity index (χ0n) is 16.9. The van der Waals surface area contributed by atoms with Crippen LogP contribution in [0.3, 0.4) is 0 Å². The lowest BCUT2D eigenvalue weighted by Crippen LogP contribution is -2.35. The van der Waals surface area contributed by atoms with Gasteiger partial charge in [-0.15, -0.1) is 0 Å². The SMILES string of the molecule is CCOc1ccc(/C=N\NC(=S)Nc2ccc(S(=O)(=O)N3CCCCC3)cc2)cc1. The van der Waals surface area contributed by atoms with Gasteiger partial charge in [0.05, 0.1) is 17.7 Å². The van der Waals surface area contributed by atoms with Gasteiger partial charge in [-0.3, -0.25) is 5.43 Å². The van der Waals surface area contributed by atoms with E-state index >= 15 is 0 Å². The third kappa shape index (κ3) is 6.01. The molecule has 1 aliphatic heterocycles. The van der Waals surface area contributed by atoms with E-state index < -0.39 is 10.0 Å². The van der Waals surface area contributed by atoms with Crippen LogP contribution in [0.2, 0.25) is 0 Å². The Morgan fingerprint density at radius 3 is 2.40 bits per heavy atom. The molecule has 0 saturated carbocycles. The Morgan fingerprint density at radius 1 is 1.10 bits per heavy atom. The first-order valence-electron chi connectivity index (χ1n) is 9.92. The van der Waals surface area contributed by atoms with Gasteiger partial charge in [0.15, 0.2) is 5.11 Å². The lowest BCUT2D eigenvalue weighted by Gasteiger charge is -2.25. The number of hydrogen-bond donors (Lipinski definition) is 2. The molecule has 9 heteroatoms. The van der Waals surface area contributed by atoms with E-state index in [0.717, 1.165) is 30.6 Å². The highest BCUT2D eigenvalue weighted by Gasteiger charge is 2.25. The Hall–Kier alpha value is -2.49. The van der Waals surface area contributed by atoms with Crippen LogP contribution in [0, 0.1) is 0 Å². The molecule has 3 rings (SSSR count). The van der Waals surface area contributed by atoms with Gasteiger partial charge >= 0.3 is 0 Å². The van der Waals surface area contributed by atoms with Crippen molar-refractivity contribution in [2.24, 2.45) is 5.10 Å². The average Bonchev–Trinajstić information content (AvgIpc) is 2.76. The van der Waals surface area contributed by atoms with Crippen molar-refractivity contribution in [3.63, 3.8) is 0 Å². The topological polar surface area (TPSA) is 83.0 Å². The van der Waals surface area contributed by atoms with Crippen LogP contribution in [-0.4, -0.2) is 43.7 Å². The molecule has 0 aliphatic carbocycles. The number of piperidine rings is 1. The number of hydrazone groups is 1. The lowest BCUT2D eigenvalue weighted by atomic mass is 10.2. The molecule has 0 radical (unpaired) electrons. The summed E-state index contributed by atoms with van der Waals surface area (Å²) in [4.78, 5) is 0.294. The van der Waals surface area contributed by atoms with Crippen LogP contribution in [0.1, 0.15) is 31.7 Å². The monoisotopic (exact) mass is 446 g/mol. The third-order valence-corrected chi connectivity index (χ3v) is 6.74. The Bertz CT molecular complexity index is 968. The molecule has 0 atom stereocenters. The number of nitrogens with one attached hydrogen (secondary N) is 2. The van der Waals surface area contributed by atoms with Crippen LogP contribution in [0.25, 0.3) is 0 Å². The summed E-state index contributed by atoms with van der Waals surface area (Å²) in [5, 5.41) is 7.41. The van der Waals surface area contributed by atoms with Crippen molar-refractivity contribution in [3.8, 4) is 5.75 Å². The molecule has 7 nitrogen and oxygen atoms in total. The highest BCUT2D eigenvalue weighted by molar-refractivity contribution is 7.89. The zero-order valence-corrected chi connectivity index (χ0v) is 18.5. The second-order valence-electron chi connectivity index (χ2n) is 6.82. The van der Waals surface area contributed by atoms with Gasteiger partial charge in [-0.25, -0.2) is 8.42 Å². The molecular formula is C21H26N4O3S2. The number of hydrogen-bond acceptors (Lipinski definition) is 5. The fourth-order valence-corrected chi connectivity index (χ4v) is 4.79. The van der Waals surface area contributed by atoms with E-state index in [0.29, 0.717) is 35.4 Å². The smallest absolute Gasteiger partial charge is 0.243 e. The largest absolute Gasteiger partial charge is 0.494 e. The van der Waals surface area contributed by atoms with Crippen molar-refractivity contribution in [1.29, 1.82) is 0 Å². The van der Waals surface area contributed by atoms with Crippen molar-refractivity contribution in [3.05, 3.63) is 54.1 Å². The molecule has 2 aromatic rings.